The minimum absolute atomic E-state index is 0.349. The van der Waals surface area contributed by atoms with E-state index in [9.17, 15) is 0 Å². The fourth-order valence-corrected chi connectivity index (χ4v) is 1.72. The Balaban J connectivity index is 2.46. The van der Waals surface area contributed by atoms with Gasteiger partial charge in [-0.05, 0) is 6.42 Å². The maximum absolute atomic E-state index is 8.47. The lowest BCUT2D eigenvalue weighted by molar-refractivity contribution is 1.03. The highest BCUT2D eigenvalue weighted by atomic mass is 35.5. The minimum Gasteiger partial charge on any atom is -0.245 e. The monoisotopic (exact) mass is 213 g/mol. The molecule has 0 saturated carbocycles. The topological polar surface area (TPSA) is 49.6 Å². The second kappa shape index (κ2) is 5.79. The summed E-state index contributed by atoms with van der Waals surface area (Å²) in [7, 11) is 0. The van der Waals surface area contributed by atoms with Crippen LogP contribution in [-0.2, 0) is 0 Å². The molecule has 0 N–H and O–H groups in total. The fourth-order valence-electron chi connectivity index (χ4n) is 0.680. The molecular weight excluding hydrogens is 206 g/mol. The summed E-state index contributed by atoms with van der Waals surface area (Å²) >= 11 is 7.12. The van der Waals surface area contributed by atoms with E-state index >= 15 is 0 Å². The number of alkyl halides is 1. The van der Waals surface area contributed by atoms with Crippen molar-refractivity contribution in [2.24, 2.45) is 0 Å². The van der Waals surface area contributed by atoms with Gasteiger partial charge < -0.3 is 0 Å². The van der Waals surface area contributed by atoms with Gasteiger partial charge in [-0.25, -0.2) is 9.97 Å². The summed E-state index contributed by atoms with van der Waals surface area (Å²) in [4.78, 5) is 7.95. The van der Waals surface area contributed by atoms with Crippen LogP contribution < -0.4 is 0 Å². The molecule has 0 atom stereocenters. The van der Waals surface area contributed by atoms with Gasteiger partial charge in [-0.15, -0.1) is 23.4 Å². The van der Waals surface area contributed by atoms with E-state index in [4.69, 9.17) is 16.9 Å². The zero-order chi connectivity index (χ0) is 9.52. The molecule has 0 fully saturated rings. The van der Waals surface area contributed by atoms with Gasteiger partial charge in [-0.2, -0.15) is 5.26 Å². The van der Waals surface area contributed by atoms with Crippen molar-refractivity contribution in [2.75, 3.05) is 11.6 Å². The third-order valence-electron chi connectivity index (χ3n) is 1.27. The van der Waals surface area contributed by atoms with Crippen LogP contribution in [0.15, 0.2) is 17.4 Å². The average molecular weight is 214 g/mol. The zero-order valence-corrected chi connectivity index (χ0v) is 8.48. The van der Waals surface area contributed by atoms with Crippen molar-refractivity contribution in [3.05, 3.63) is 18.1 Å². The maximum Gasteiger partial charge on any atom is 0.158 e. The summed E-state index contributed by atoms with van der Waals surface area (Å²) in [6, 6.07) is 1.92. The van der Waals surface area contributed by atoms with E-state index in [1.165, 1.54) is 6.20 Å². The van der Waals surface area contributed by atoms with Gasteiger partial charge in [0.15, 0.2) is 5.69 Å². The molecule has 1 aromatic rings. The van der Waals surface area contributed by atoms with E-state index in [1.807, 2.05) is 6.07 Å². The predicted octanol–water partition coefficient (Wildman–Crippen LogP) is 2.07. The molecule has 0 radical (unpaired) electrons. The first-order valence-corrected chi connectivity index (χ1v) is 5.29. The molecule has 0 aliphatic carbocycles. The average Bonchev–Trinajstić information content (AvgIpc) is 2.19. The van der Waals surface area contributed by atoms with Crippen molar-refractivity contribution < 1.29 is 0 Å². The summed E-state index contributed by atoms with van der Waals surface area (Å²) in [6.07, 6.45) is 4.04. The SMILES string of the molecule is N#Cc1cnc(SCCCCl)cn1. The van der Waals surface area contributed by atoms with E-state index in [0.29, 0.717) is 11.6 Å². The summed E-state index contributed by atoms with van der Waals surface area (Å²) in [5, 5.41) is 9.30. The van der Waals surface area contributed by atoms with Crippen LogP contribution in [0.5, 0.6) is 0 Å². The first kappa shape index (κ1) is 10.3. The molecule has 0 saturated heterocycles. The summed E-state index contributed by atoms with van der Waals surface area (Å²) in [5.41, 5.74) is 0.349. The zero-order valence-electron chi connectivity index (χ0n) is 6.90. The predicted molar refractivity (Wildman–Crippen MR) is 52.8 cm³/mol. The molecule has 5 heteroatoms. The number of thioether (sulfide) groups is 1. The largest absolute Gasteiger partial charge is 0.245 e. The lowest BCUT2D eigenvalue weighted by Crippen LogP contribution is -1.88. The normalized spacial score (nSPS) is 9.54. The molecule has 1 heterocycles. The Kier molecular flexibility index (Phi) is 4.58. The maximum atomic E-state index is 8.47. The second-order valence-electron chi connectivity index (χ2n) is 2.24. The number of hydrogen-bond donors (Lipinski definition) is 0. The van der Waals surface area contributed by atoms with Crippen molar-refractivity contribution in [2.45, 2.75) is 11.4 Å². The van der Waals surface area contributed by atoms with Gasteiger partial charge >= 0.3 is 0 Å². The van der Waals surface area contributed by atoms with Gasteiger partial charge in [-0.3, -0.25) is 0 Å². The summed E-state index contributed by atoms with van der Waals surface area (Å²) < 4.78 is 0. The van der Waals surface area contributed by atoms with E-state index in [2.05, 4.69) is 9.97 Å². The number of hydrogen-bond acceptors (Lipinski definition) is 4. The lowest BCUT2D eigenvalue weighted by atomic mass is 10.5. The van der Waals surface area contributed by atoms with Gasteiger partial charge in [0.05, 0.1) is 12.4 Å². The molecule has 68 valence electrons. The van der Waals surface area contributed by atoms with Crippen LogP contribution in [0.25, 0.3) is 0 Å². The number of rotatable bonds is 4. The molecule has 0 unspecified atom stereocenters. The highest BCUT2D eigenvalue weighted by Gasteiger charge is 1.96. The second-order valence-corrected chi connectivity index (χ2v) is 3.74. The lowest BCUT2D eigenvalue weighted by Gasteiger charge is -1.97. The van der Waals surface area contributed by atoms with Crippen LogP contribution in [0.2, 0.25) is 0 Å². The summed E-state index contributed by atoms with van der Waals surface area (Å²) in [6.45, 7) is 0. The number of nitriles is 1. The van der Waals surface area contributed by atoms with Crippen molar-refractivity contribution in [3.8, 4) is 6.07 Å². The van der Waals surface area contributed by atoms with Crippen LogP contribution >= 0.6 is 23.4 Å². The first-order valence-electron chi connectivity index (χ1n) is 3.77. The third-order valence-corrected chi connectivity index (χ3v) is 2.54. The van der Waals surface area contributed by atoms with Gasteiger partial charge in [0.1, 0.15) is 11.1 Å². The highest BCUT2D eigenvalue weighted by molar-refractivity contribution is 7.99. The molecule has 13 heavy (non-hydrogen) atoms. The van der Waals surface area contributed by atoms with Crippen LogP contribution in [0, 0.1) is 11.3 Å². The third kappa shape index (κ3) is 3.62. The Hall–Kier alpha value is -0.790. The number of halogens is 1. The van der Waals surface area contributed by atoms with E-state index in [0.717, 1.165) is 17.2 Å². The molecule has 0 aromatic carbocycles. The van der Waals surface area contributed by atoms with E-state index in [1.54, 1.807) is 18.0 Å². The smallest absolute Gasteiger partial charge is 0.158 e. The van der Waals surface area contributed by atoms with Crippen LogP contribution in [-0.4, -0.2) is 21.6 Å². The fraction of sp³-hybridized carbons (Fsp3) is 0.375. The van der Waals surface area contributed by atoms with E-state index < -0.39 is 0 Å². The highest BCUT2D eigenvalue weighted by Crippen LogP contribution is 2.14. The molecule has 0 spiro atoms. The molecule has 1 aromatic heterocycles. The van der Waals surface area contributed by atoms with E-state index in [-0.39, 0.29) is 0 Å². The molecule has 0 aliphatic rings. The molecule has 0 bridgehead atoms. The Morgan fingerprint density at radius 1 is 1.46 bits per heavy atom. The van der Waals surface area contributed by atoms with Gasteiger partial charge in [-0.1, -0.05) is 0 Å². The molecular formula is C8H8ClN3S. The van der Waals surface area contributed by atoms with Crippen molar-refractivity contribution >= 4 is 23.4 Å². The van der Waals surface area contributed by atoms with Crippen LogP contribution in [0.4, 0.5) is 0 Å². The van der Waals surface area contributed by atoms with Crippen molar-refractivity contribution in [1.29, 1.82) is 5.26 Å². The standard InChI is InChI=1S/C8H8ClN3S/c9-2-1-3-13-8-6-11-7(4-10)5-12-8/h5-6H,1-3H2. The first-order chi connectivity index (χ1) is 6.36. The molecule has 0 aliphatic heterocycles. The van der Waals surface area contributed by atoms with Crippen molar-refractivity contribution in [3.63, 3.8) is 0 Å². The van der Waals surface area contributed by atoms with Crippen LogP contribution in [0.1, 0.15) is 12.1 Å². The van der Waals surface area contributed by atoms with Gasteiger partial charge in [0.2, 0.25) is 0 Å². The van der Waals surface area contributed by atoms with Crippen molar-refractivity contribution in [1.82, 2.24) is 9.97 Å². The Morgan fingerprint density at radius 3 is 2.85 bits per heavy atom. The van der Waals surface area contributed by atoms with Gasteiger partial charge in [0, 0.05) is 11.6 Å². The molecule has 1 rings (SSSR count). The molecule has 0 amide bonds. The number of aromatic nitrogens is 2. The Labute approximate surface area is 86.1 Å². The quantitative estimate of drug-likeness (QED) is 0.437. The molecule has 3 nitrogen and oxygen atoms in total. The Morgan fingerprint density at radius 2 is 2.31 bits per heavy atom. The number of nitrogens with zero attached hydrogens (tertiary/aromatic N) is 3. The summed E-state index contributed by atoms with van der Waals surface area (Å²) in [5.74, 6) is 1.60. The van der Waals surface area contributed by atoms with Crippen LogP contribution in [0.3, 0.4) is 0 Å². The Bertz CT molecular complexity index is 293. The van der Waals surface area contributed by atoms with Gasteiger partial charge in [0.25, 0.3) is 0 Å². The minimum atomic E-state index is 0.349.